The minimum Gasteiger partial charge on any atom is -0.274 e. The monoisotopic (exact) mass is 297 g/mol. The molecule has 0 heterocycles. The van der Waals surface area contributed by atoms with E-state index in [-0.39, 0.29) is 22.7 Å². The molecule has 4 aliphatic rings. The van der Waals surface area contributed by atoms with Gasteiger partial charge in [-0.15, -0.1) is 0 Å². The average Bonchev–Trinajstić information content (AvgIpc) is 2.83. The number of carbonyl (C=O) groups excluding carboxylic acids is 1. The molecule has 20 heavy (non-hydrogen) atoms. The Kier molecular flexibility index (Phi) is 1.86. The van der Waals surface area contributed by atoms with Crippen molar-refractivity contribution < 1.29 is 13.2 Å². The van der Waals surface area contributed by atoms with Gasteiger partial charge in [0.1, 0.15) is 0 Å². The fourth-order valence-electron chi connectivity index (χ4n) is 6.94. The molecule has 4 rings (SSSR count). The molecule has 5 unspecified atom stereocenters. The van der Waals surface area contributed by atoms with Crippen LogP contribution in [-0.2, 0) is 14.8 Å². The van der Waals surface area contributed by atoms with Crippen LogP contribution in [0.25, 0.3) is 0 Å². The Morgan fingerprint density at radius 1 is 1.10 bits per heavy atom. The molecule has 0 aromatic carbocycles. The van der Waals surface area contributed by atoms with E-state index in [9.17, 15) is 13.2 Å². The minimum atomic E-state index is -3.46. The summed E-state index contributed by atoms with van der Waals surface area (Å²) in [6.45, 7) is 9.18. The maximum absolute atomic E-state index is 12.5. The summed E-state index contributed by atoms with van der Waals surface area (Å²) in [4.78, 5) is 12.5. The van der Waals surface area contributed by atoms with E-state index in [1.165, 1.54) is 0 Å². The molecule has 2 spiro atoms. The number of fused-ring (bicyclic) bond motifs is 1. The van der Waals surface area contributed by atoms with Gasteiger partial charge in [-0.3, -0.25) is 9.52 Å². The van der Waals surface area contributed by atoms with Gasteiger partial charge in [0.2, 0.25) is 15.9 Å². The Morgan fingerprint density at radius 2 is 1.70 bits per heavy atom. The maximum Gasteiger partial charge on any atom is 0.237 e. The normalized spacial score (nSPS) is 52.1. The molecule has 0 radical (unpaired) electrons. The van der Waals surface area contributed by atoms with E-state index in [0.717, 1.165) is 25.0 Å². The number of rotatable bonds is 2. The Labute approximate surface area is 120 Å². The topological polar surface area (TPSA) is 63.2 Å². The Morgan fingerprint density at radius 3 is 2.20 bits per heavy atom. The van der Waals surface area contributed by atoms with E-state index in [0.29, 0.717) is 16.7 Å². The van der Waals surface area contributed by atoms with E-state index >= 15 is 0 Å². The predicted molar refractivity (Wildman–Crippen MR) is 75.1 cm³/mol. The Hall–Kier alpha value is -0.580. The van der Waals surface area contributed by atoms with Crippen molar-refractivity contribution in [3.8, 4) is 0 Å². The number of sulfonamides is 1. The first-order valence-electron chi connectivity index (χ1n) is 7.43. The molecule has 1 N–H and O–H groups in total. The number of carbonyl (C=O) groups is 1. The largest absolute Gasteiger partial charge is 0.274 e. The average molecular weight is 297 g/mol. The molecule has 4 aliphatic carbocycles. The van der Waals surface area contributed by atoms with Crippen molar-refractivity contribution in [1.29, 1.82) is 0 Å². The van der Waals surface area contributed by atoms with Gasteiger partial charge in [-0.2, -0.15) is 0 Å². The highest BCUT2D eigenvalue weighted by Crippen LogP contribution is 3.01. The van der Waals surface area contributed by atoms with Crippen LogP contribution in [0.4, 0.5) is 0 Å². The molecule has 0 aliphatic heterocycles. The fraction of sp³-hybridized carbons (Fsp3) is 0.933. The van der Waals surface area contributed by atoms with E-state index < -0.39 is 10.0 Å². The molecule has 4 nitrogen and oxygen atoms in total. The number of hydrogen-bond acceptors (Lipinski definition) is 3. The lowest BCUT2D eigenvalue weighted by Gasteiger charge is -2.22. The zero-order chi connectivity index (χ0) is 14.9. The summed E-state index contributed by atoms with van der Waals surface area (Å²) in [7, 11) is -3.46. The van der Waals surface area contributed by atoms with Gasteiger partial charge in [0.25, 0.3) is 0 Å². The molecule has 0 aromatic heterocycles. The van der Waals surface area contributed by atoms with Gasteiger partial charge < -0.3 is 0 Å². The zero-order valence-electron chi connectivity index (χ0n) is 12.8. The summed E-state index contributed by atoms with van der Waals surface area (Å²) in [6.07, 6.45) is 3.07. The molecule has 0 aromatic rings. The van der Waals surface area contributed by atoms with Crippen LogP contribution in [0.15, 0.2) is 0 Å². The predicted octanol–water partition coefficient (Wildman–Crippen LogP) is 1.77. The van der Waals surface area contributed by atoms with Gasteiger partial charge in [0, 0.05) is 5.92 Å². The summed E-state index contributed by atoms with van der Waals surface area (Å²) >= 11 is 0. The molecule has 1 amide bonds. The first-order valence-corrected chi connectivity index (χ1v) is 9.33. The van der Waals surface area contributed by atoms with Crippen LogP contribution in [0.2, 0.25) is 0 Å². The molecular weight excluding hydrogens is 274 g/mol. The van der Waals surface area contributed by atoms with Crippen LogP contribution >= 0.6 is 0 Å². The quantitative estimate of drug-likeness (QED) is 0.845. The van der Waals surface area contributed by atoms with Crippen molar-refractivity contribution in [2.24, 2.45) is 39.4 Å². The van der Waals surface area contributed by atoms with Crippen LogP contribution in [-0.4, -0.2) is 20.6 Å². The summed E-state index contributed by atoms with van der Waals surface area (Å²) in [5, 5.41) is 0. The van der Waals surface area contributed by atoms with Gasteiger partial charge >= 0.3 is 0 Å². The van der Waals surface area contributed by atoms with Crippen molar-refractivity contribution in [3.05, 3.63) is 0 Å². The van der Waals surface area contributed by atoms with Gasteiger partial charge in [0.15, 0.2) is 0 Å². The number of amides is 1. The van der Waals surface area contributed by atoms with E-state index in [4.69, 9.17) is 0 Å². The second-order valence-electron chi connectivity index (χ2n) is 8.77. The Balaban J connectivity index is 1.71. The third-order valence-corrected chi connectivity index (χ3v) is 8.33. The number of nitrogens with one attached hydrogen (secondary N) is 1. The third-order valence-electron chi connectivity index (χ3n) is 7.76. The van der Waals surface area contributed by atoms with E-state index in [1.807, 2.05) is 0 Å². The van der Waals surface area contributed by atoms with Gasteiger partial charge in [-0.25, -0.2) is 8.42 Å². The van der Waals surface area contributed by atoms with Crippen LogP contribution in [0.5, 0.6) is 0 Å². The van der Waals surface area contributed by atoms with Crippen LogP contribution in [0.3, 0.4) is 0 Å². The summed E-state index contributed by atoms with van der Waals surface area (Å²) < 4.78 is 25.0. The van der Waals surface area contributed by atoms with Gasteiger partial charge in [-0.1, -0.05) is 27.7 Å². The molecule has 0 saturated heterocycles. The molecule has 2 bridgehead atoms. The lowest BCUT2D eigenvalue weighted by Crippen LogP contribution is -2.38. The molecule has 5 heteroatoms. The highest BCUT2D eigenvalue weighted by Gasteiger charge is 2.98. The second-order valence-corrected chi connectivity index (χ2v) is 10.5. The molecule has 112 valence electrons. The SMILES string of the molecule is CC1(C)C2C3C(C)(C)C34CC21CC4C(=O)NS(C)(=O)=O. The summed E-state index contributed by atoms with van der Waals surface area (Å²) in [5.41, 5.74) is 0.897. The van der Waals surface area contributed by atoms with Crippen LogP contribution in [0, 0.1) is 39.4 Å². The highest BCUT2D eigenvalue weighted by atomic mass is 32.2. The molecule has 5 atom stereocenters. The van der Waals surface area contributed by atoms with Crippen molar-refractivity contribution in [1.82, 2.24) is 4.72 Å². The smallest absolute Gasteiger partial charge is 0.237 e. The third kappa shape index (κ3) is 1.03. The zero-order valence-corrected chi connectivity index (χ0v) is 13.6. The molecular formula is C15H23NO3S. The summed E-state index contributed by atoms with van der Waals surface area (Å²) in [6, 6.07) is 0. The highest BCUT2D eigenvalue weighted by molar-refractivity contribution is 7.89. The number of hydrogen-bond donors (Lipinski definition) is 1. The van der Waals surface area contributed by atoms with Crippen molar-refractivity contribution >= 4 is 15.9 Å². The van der Waals surface area contributed by atoms with Crippen molar-refractivity contribution in [2.45, 2.75) is 40.5 Å². The van der Waals surface area contributed by atoms with Crippen LogP contribution < -0.4 is 4.72 Å². The van der Waals surface area contributed by atoms with E-state index in [1.54, 1.807) is 0 Å². The summed E-state index contributed by atoms with van der Waals surface area (Å²) in [5.74, 6) is 0.970. The van der Waals surface area contributed by atoms with E-state index in [2.05, 4.69) is 32.4 Å². The minimum absolute atomic E-state index is 0.0714. The van der Waals surface area contributed by atoms with Crippen molar-refractivity contribution in [2.75, 3.05) is 6.26 Å². The standard InChI is InChI=1S/C15H23NO3S/c1-12(2)9-10-13(3,4)15(10)7-14(9,12)6-8(15)11(17)16-20(5,18)19/h8-10H,6-7H2,1-5H3,(H,16,17). The molecule has 4 saturated carbocycles. The first-order chi connectivity index (χ1) is 8.92. The second kappa shape index (κ2) is 2.83. The fourth-order valence-corrected chi connectivity index (χ4v) is 7.45. The molecule has 4 fully saturated rings. The lowest BCUT2D eigenvalue weighted by molar-refractivity contribution is -0.125. The van der Waals surface area contributed by atoms with Gasteiger partial charge in [0.05, 0.1) is 6.26 Å². The van der Waals surface area contributed by atoms with Crippen molar-refractivity contribution in [3.63, 3.8) is 0 Å². The Bertz CT molecular complexity index is 650. The lowest BCUT2D eigenvalue weighted by atomic mass is 9.84. The first kappa shape index (κ1) is 13.1. The maximum atomic E-state index is 12.5. The van der Waals surface area contributed by atoms with Gasteiger partial charge in [-0.05, 0) is 46.3 Å². The van der Waals surface area contributed by atoms with Crippen LogP contribution in [0.1, 0.15) is 40.5 Å².